The Hall–Kier alpha value is -1.73. The SMILES string of the molecule is O=C1Cc2c(cc(C(F)(F)F)cc2C(F)(F)F)N1. The molecule has 0 bridgehead atoms. The van der Waals surface area contributed by atoms with Gasteiger partial charge in [0, 0.05) is 5.69 Å². The third-order valence-corrected chi connectivity index (χ3v) is 2.49. The fourth-order valence-corrected chi connectivity index (χ4v) is 1.75. The zero-order chi connectivity index (χ0) is 13.7. The molecule has 2 rings (SSSR count). The highest BCUT2D eigenvalue weighted by Gasteiger charge is 2.41. The first-order valence-corrected chi connectivity index (χ1v) is 4.70. The van der Waals surface area contributed by atoms with Crippen molar-refractivity contribution < 1.29 is 31.1 Å². The molecule has 98 valence electrons. The van der Waals surface area contributed by atoms with E-state index in [0.29, 0.717) is 6.07 Å². The van der Waals surface area contributed by atoms with Gasteiger partial charge >= 0.3 is 12.4 Å². The summed E-state index contributed by atoms with van der Waals surface area (Å²) in [6.07, 6.45) is -10.4. The number of rotatable bonds is 0. The van der Waals surface area contributed by atoms with E-state index < -0.39 is 47.1 Å². The summed E-state index contributed by atoms with van der Waals surface area (Å²) in [5, 5.41) is 1.98. The third-order valence-electron chi connectivity index (χ3n) is 2.49. The molecule has 0 saturated heterocycles. The van der Waals surface area contributed by atoms with Crippen LogP contribution in [0, 0.1) is 0 Å². The van der Waals surface area contributed by atoms with Crippen molar-refractivity contribution in [2.24, 2.45) is 0 Å². The van der Waals surface area contributed by atoms with Crippen molar-refractivity contribution in [3.05, 3.63) is 28.8 Å². The van der Waals surface area contributed by atoms with E-state index in [1.807, 2.05) is 5.32 Å². The second-order valence-corrected chi connectivity index (χ2v) is 3.77. The van der Waals surface area contributed by atoms with Crippen LogP contribution >= 0.6 is 0 Å². The van der Waals surface area contributed by atoms with Gasteiger partial charge in [0.15, 0.2) is 0 Å². The summed E-state index contributed by atoms with van der Waals surface area (Å²) < 4.78 is 75.2. The Morgan fingerprint density at radius 1 is 1.00 bits per heavy atom. The van der Waals surface area contributed by atoms with Gasteiger partial charge in [-0.1, -0.05) is 0 Å². The van der Waals surface area contributed by atoms with Crippen LogP contribution in [-0.4, -0.2) is 5.91 Å². The van der Waals surface area contributed by atoms with Gasteiger partial charge in [0.1, 0.15) is 0 Å². The molecule has 0 unspecified atom stereocenters. The van der Waals surface area contributed by atoms with Crippen molar-refractivity contribution in [1.82, 2.24) is 0 Å². The lowest BCUT2D eigenvalue weighted by Crippen LogP contribution is -2.13. The van der Waals surface area contributed by atoms with E-state index >= 15 is 0 Å². The molecule has 0 aliphatic carbocycles. The van der Waals surface area contributed by atoms with E-state index in [9.17, 15) is 31.1 Å². The summed E-state index contributed by atoms with van der Waals surface area (Å²) in [4.78, 5) is 11.0. The predicted octanol–water partition coefficient (Wildman–Crippen LogP) is 3.22. The molecule has 18 heavy (non-hydrogen) atoms. The Morgan fingerprint density at radius 3 is 2.11 bits per heavy atom. The highest BCUT2D eigenvalue weighted by molar-refractivity contribution is 5.99. The molecular weight excluding hydrogens is 264 g/mol. The number of hydrogen-bond donors (Lipinski definition) is 1. The van der Waals surface area contributed by atoms with E-state index in [1.165, 1.54) is 0 Å². The van der Waals surface area contributed by atoms with Gasteiger partial charge in [-0.25, -0.2) is 0 Å². The van der Waals surface area contributed by atoms with E-state index in [0.717, 1.165) is 0 Å². The minimum atomic E-state index is -4.93. The number of anilines is 1. The molecule has 0 fully saturated rings. The highest BCUT2D eigenvalue weighted by atomic mass is 19.4. The Bertz CT molecular complexity index is 516. The summed E-state index contributed by atoms with van der Waals surface area (Å²) in [6, 6.07) is 0.536. The number of carbonyl (C=O) groups is 1. The second kappa shape index (κ2) is 3.63. The van der Waals surface area contributed by atoms with E-state index in [2.05, 4.69) is 0 Å². The predicted molar refractivity (Wildman–Crippen MR) is 48.8 cm³/mol. The van der Waals surface area contributed by atoms with E-state index in [-0.39, 0.29) is 6.07 Å². The standard InChI is InChI=1S/C10H5F6NO/c11-9(12,13)4-1-6(10(14,15)16)5-3-8(18)17-7(5)2-4/h1-2H,3H2,(H,17,18). The summed E-state index contributed by atoms with van der Waals surface area (Å²) in [5.74, 6) is -0.755. The van der Waals surface area contributed by atoms with Gasteiger partial charge < -0.3 is 5.32 Å². The molecule has 1 aromatic rings. The number of carbonyl (C=O) groups excluding carboxylic acids is 1. The first-order valence-electron chi connectivity index (χ1n) is 4.70. The Kier molecular flexibility index (Phi) is 2.56. The number of benzene rings is 1. The molecule has 2 nitrogen and oxygen atoms in total. The molecule has 1 aliphatic rings. The Morgan fingerprint density at radius 2 is 1.61 bits per heavy atom. The van der Waals surface area contributed by atoms with Gasteiger partial charge in [0.05, 0.1) is 17.5 Å². The van der Waals surface area contributed by atoms with E-state index in [1.54, 1.807) is 0 Å². The fourth-order valence-electron chi connectivity index (χ4n) is 1.75. The molecular formula is C10H5F6NO. The van der Waals surface area contributed by atoms with Crippen molar-refractivity contribution in [2.75, 3.05) is 5.32 Å². The minimum Gasteiger partial charge on any atom is -0.326 e. The maximum Gasteiger partial charge on any atom is 0.416 e. The molecule has 1 aliphatic heterocycles. The summed E-state index contributed by atoms with van der Waals surface area (Å²) >= 11 is 0. The number of alkyl halides is 6. The second-order valence-electron chi connectivity index (χ2n) is 3.77. The van der Waals surface area contributed by atoms with Gasteiger partial charge in [0.25, 0.3) is 0 Å². The quantitative estimate of drug-likeness (QED) is 0.720. The molecule has 0 saturated carbocycles. The Labute approximate surface area is 96.6 Å². The van der Waals surface area contributed by atoms with Gasteiger partial charge in [-0.15, -0.1) is 0 Å². The summed E-state index contributed by atoms with van der Waals surface area (Å²) in [7, 11) is 0. The summed E-state index contributed by atoms with van der Waals surface area (Å²) in [6.45, 7) is 0. The first-order chi connectivity index (χ1) is 8.09. The average Bonchev–Trinajstić information content (AvgIpc) is 2.52. The van der Waals surface area contributed by atoms with Crippen LogP contribution in [0.3, 0.4) is 0 Å². The normalized spacial score (nSPS) is 15.6. The van der Waals surface area contributed by atoms with Crippen LogP contribution in [0.5, 0.6) is 0 Å². The number of fused-ring (bicyclic) bond motifs is 1. The molecule has 0 atom stereocenters. The average molecular weight is 269 g/mol. The van der Waals surface area contributed by atoms with Gasteiger partial charge in [-0.05, 0) is 17.7 Å². The smallest absolute Gasteiger partial charge is 0.326 e. The number of nitrogens with one attached hydrogen (secondary N) is 1. The molecule has 0 spiro atoms. The zero-order valence-corrected chi connectivity index (χ0v) is 8.54. The molecule has 1 N–H and O–H groups in total. The lowest BCUT2D eigenvalue weighted by atomic mass is 10.0. The van der Waals surface area contributed by atoms with Gasteiger partial charge in [0.2, 0.25) is 5.91 Å². The molecule has 0 aromatic heterocycles. The lowest BCUT2D eigenvalue weighted by Gasteiger charge is -2.15. The molecule has 1 aromatic carbocycles. The van der Waals surface area contributed by atoms with Crippen LogP contribution in [0.2, 0.25) is 0 Å². The minimum absolute atomic E-state index is 0.0269. The fraction of sp³-hybridized carbons (Fsp3) is 0.300. The van der Waals surface area contributed by atoms with Gasteiger partial charge in [-0.3, -0.25) is 4.79 Å². The molecule has 0 radical (unpaired) electrons. The van der Waals surface area contributed by atoms with Crippen LogP contribution in [0.1, 0.15) is 16.7 Å². The van der Waals surface area contributed by atoms with Crippen LogP contribution < -0.4 is 5.32 Å². The molecule has 8 heteroatoms. The topological polar surface area (TPSA) is 29.1 Å². The largest absolute Gasteiger partial charge is 0.416 e. The number of halogens is 6. The number of hydrogen-bond acceptors (Lipinski definition) is 1. The monoisotopic (exact) mass is 269 g/mol. The van der Waals surface area contributed by atoms with Crippen molar-refractivity contribution >= 4 is 11.6 Å². The maximum absolute atomic E-state index is 12.6. The maximum atomic E-state index is 12.6. The first kappa shape index (κ1) is 12.7. The highest BCUT2D eigenvalue weighted by Crippen LogP contribution is 2.42. The van der Waals surface area contributed by atoms with Crippen molar-refractivity contribution in [1.29, 1.82) is 0 Å². The molecule has 1 heterocycles. The summed E-state index contributed by atoms with van der Waals surface area (Å²) in [5.41, 5.74) is -3.73. The molecule has 1 amide bonds. The van der Waals surface area contributed by atoms with Gasteiger partial charge in [-0.2, -0.15) is 26.3 Å². The van der Waals surface area contributed by atoms with Crippen molar-refractivity contribution in [3.8, 4) is 0 Å². The third kappa shape index (κ3) is 2.14. The van der Waals surface area contributed by atoms with E-state index in [4.69, 9.17) is 0 Å². The Balaban J connectivity index is 2.66. The zero-order valence-electron chi connectivity index (χ0n) is 8.54. The van der Waals surface area contributed by atoms with Crippen molar-refractivity contribution in [2.45, 2.75) is 18.8 Å². The lowest BCUT2D eigenvalue weighted by molar-refractivity contribution is -0.143. The van der Waals surface area contributed by atoms with Crippen LogP contribution in [0.25, 0.3) is 0 Å². The number of amides is 1. The van der Waals surface area contributed by atoms with Crippen molar-refractivity contribution in [3.63, 3.8) is 0 Å². The van der Waals surface area contributed by atoms with Crippen LogP contribution in [-0.2, 0) is 23.6 Å². The van der Waals surface area contributed by atoms with Crippen LogP contribution in [0.15, 0.2) is 12.1 Å². The van der Waals surface area contributed by atoms with Crippen LogP contribution in [0.4, 0.5) is 32.0 Å².